The lowest BCUT2D eigenvalue weighted by molar-refractivity contribution is 0.499. The second kappa shape index (κ2) is 3.36. The van der Waals surface area contributed by atoms with E-state index in [1.807, 2.05) is 6.92 Å². The lowest BCUT2D eigenvalue weighted by atomic mass is 9.87. The summed E-state index contributed by atoms with van der Waals surface area (Å²) in [5, 5.41) is 3.12. The third-order valence-electron chi connectivity index (χ3n) is 2.04. The van der Waals surface area contributed by atoms with Gasteiger partial charge in [0, 0.05) is 5.70 Å². The number of hydrogen-bond donors (Lipinski definition) is 1. The largest absolute Gasteiger partial charge is 0.345 e. The minimum absolute atomic E-state index is 0.224. The van der Waals surface area contributed by atoms with Crippen LogP contribution in [0.3, 0.4) is 0 Å². The van der Waals surface area contributed by atoms with Crippen molar-refractivity contribution in [1.29, 1.82) is 0 Å². The average Bonchev–Trinajstić information content (AvgIpc) is 2.32. The van der Waals surface area contributed by atoms with Crippen molar-refractivity contribution in [2.24, 2.45) is 10.4 Å². The standard InChI is InChI=1S/C11H18N2/c1-8(2)13-10-6-9(7-12-10)11(3,4)5/h6H,1,7H2,2-5H3,(H,12,13). The summed E-state index contributed by atoms with van der Waals surface area (Å²) in [6.45, 7) is 13.2. The molecule has 0 bridgehead atoms. The first-order valence-electron chi connectivity index (χ1n) is 4.57. The van der Waals surface area contributed by atoms with Gasteiger partial charge in [-0.3, -0.25) is 4.99 Å². The highest BCUT2D eigenvalue weighted by Gasteiger charge is 2.20. The second-order valence-electron chi connectivity index (χ2n) is 4.53. The van der Waals surface area contributed by atoms with E-state index >= 15 is 0 Å². The van der Waals surface area contributed by atoms with Gasteiger partial charge in [-0.2, -0.15) is 0 Å². The first-order valence-corrected chi connectivity index (χ1v) is 4.57. The van der Waals surface area contributed by atoms with E-state index in [0.29, 0.717) is 0 Å². The van der Waals surface area contributed by atoms with Gasteiger partial charge >= 0.3 is 0 Å². The van der Waals surface area contributed by atoms with E-state index in [1.165, 1.54) is 5.57 Å². The Balaban J connectivity index is 2.66. The summed E-state index contributed by atoms with van der Waals surface area (Å²) in [6.07, 6.45) is 2.12. The van der Waals surface area contributed by atoms with Crippen LogP contribution in [0.5, 0.6) is 0 Å². The molecule has 0 spiro atoms. The molecule has 0 atom stereocenters. The number of aliphatic imine (C=N–C) groups is 1. The van der Waals surface area contributed by atoms with Crippen LogP contribution in [0.4, 0.5) is 0 Å². The lowest BCUT2D eigenvalue weighted by Crippen LogP contribution is -2.17. The Labute approximate surface area is 80.4 Å². The number of amidine groups is 1. The molecule has 1 rings (SSSR count). The summed E-state index contributed by atoms with van der Waals surface area (Å²) < 4.78 is 0. The highest BCUT2D eigenvalue weighted by atomic mass is 15.0. The summed E-state index contributed by atoms with van der Waals surface area (Å²) in [5.41, 5.74) is 2.53. The van der Waals surface area contributed by atoms with Crippen molar-refractivity contribution in [3.8, 4) is 0 Å². The zero-order valence-electron chi connectivity index (χ0n) is 8.94. The van der Waals surface area contributed by atoms with Crippen LogP contribution in [-0.2, 0) is 0 Å². The molecule has 72 valence electrons. The van der Waals surface area contributed by atoms with Gasteiger partial charge in [0.05, 0.1) is 6.54 Å². The summed E-state index contributed by atoms with van der Waals surface area (Å²) in [5.74, 6) is 0.942. The molecule has 1 aliphatic heterocycles. The summed E-state index contributed by atoms with van der Waals surface area (Å²) in [7, 11) is 0. The summed E-state index contributed by atoms with van der Waals surface area (Å²) in [4.78, 5) is 4.38. The molecule has 0 aliphatic carbocycles. The van der Waals surface area contributed by atoms with Crippen LogP contribution in [0.15, 0.2) is 28.9 Å². The van der Waals surface area contributed by atoms with Crippen molar-refractivity contribution in [2.75, 3.05) is 6.54 Å². The Hall–Kier alpha value is -1.05. The van der Waals surface area contributed by atoms with Crippen molar-refractivity contribution >= 4 is 5.84 Å². The van der Waals surface area contributed by atoms with Crippen molar-refractivity contribution < 1.29 is 0 Å². The third kappa shape index (κ3) is 2.72. The molecule has 0 amide bonds. The number of rotatable bonds is 1. The smallest absolute Gasteiger partial charge is 0.125 e. The van der Waals surface area contributed by atoms with Crippen LogP contribution in [0.2, 0.25) is 0 Å². The lowest BCUT2D eigenvalue weighted by Gasteiger charge is -2.18. The van der Waals surface area contributed by atoms with E-state index in [2.05, 4.69) is 43.7 Å². The van der Waals surface area contributed by atoms with Crippen LogP contribution in [-0.4, -0.2) is 12.4 Å². The van der Waals surface area contributed by atoms with Gasteiger partial charge in [-0.1, -0.05) is 27.4 Å². The van der Waals surface area contributed by atoms with Crippen molar-refractivity contribution in [1.82, 2.24) is 5.32 Å². The maximum Gasteiger partial charge on any atom is 0.125 e. The zero-order chi connectivity index (χ0) is 10.1. The molecule has 0 fully saturated rings. The van der Waals surface area contributed by atoms with Gasteiger partial charge in [-0.15, -0.1) is 0 Å². The first-order chi connectivity index (χ1) is 5.89. The van der Waals surface area contributed by atoms with Gasteiger partial charge in [0.15, 0.2) is 0 Å². The van der Waals surface area contributed by atoms with Gasteiger partial charge in [0.1, 0.15) is 5.84 Å². The molecule has 0 aromatic heterocycles. The van der Waals surface area contributed by atoms with Gasteiger partial charge in [-0.05, 0) is 24.0 Å². The summed E-state index contributed by atoms with van der Waals surface area (Å²) in [6, 6.07) is 0. The molecule has 13 heavy (non-hydrogen) atoms. The van der Waals surface area contributed by atoms with E-state index in [-0.39, 0.29) is 5.41 Å². The predicted octanol–water partition coefficient (Wildman–Crippen LogP) is 2.49. The number of nitrogens with zero attached hydrogens (tertiary/aromatic N) is 1. The number of allylic oxidation sites excluding steroid dienone is 1. The monoisotopic (exact) mass is 178 g/mol. The minimum Gasteiger partial charge on any atom is -0.345 e. The van der Waals surface area contributed by atoms with Gasteiger partial charge in [0.25, 0.3) is 0 Å². The SMILES string of the molecule is C=C(C)NC1=NCC(C(C)(C)C)=C1. The van der Waals surface area contributed by atoms with Gasteiger partial charge in [0.2, 0.25) is 0 Å². The Morgan fingerprint density at radius 2 is 2.15 bits per heavy atom. The Bertz CT molecular complexity index is 277. The third-order valence-corrected chi connectivity index (χ3v) is 2.04. The molecular weight excluding hydrogens is 160 g/mol. The topological polar surface area (TPSA) is 24.4 Å². The van der Waals surface area contributed by atoms with E-state index in [9.17, 15) is 0 Å². The van der Waals surface area contributed by atoms with Gasteiger partial charge in [-0.25, -0.2) is 0 Å². The van der Waals surface area contributed by atoms with Crippen molar-refractivity contribution in [3.63, 3.8) is 0 Å². The van der Waals surface area contributed by atoms with E-state index in [0.717, 1.165) is 18.1 Å². The number of hydrogen-bond acceptors (Lipinski definition) is 2. The molecule has 2 heteroatoms. The maximum atomic E-state index is 4.38. The minimum atomic E-state index is 0.224. The fraction of sp³-hybridized carbons (Fsp3) is 0.545. The van der Waals surface area contributed by atoms with E-state index in [1.54, 1.807) is 0 Å². The molecule has 0 unspecified atom stereocenters. The highest BCUT2D eigenvalue weighted by molar-refractivity contribution is 5.96. The normalized spacial score (nSPS) is 16.6. The zero-order valence-corrected chi connectivity index (χ0v) is 8.94. The molecule has 2 nitrogen and oxygen atoms in total. The molecule has 1 aliphatic rings. The van der Waals surface area contributed by atoms with E-state index in [4.69, 9.17) is 0 Å². The maximum absolute atomic E-state index is 4.38. The van der Waals surface area contributed by atoms with E-state index < -0.39 is 0 Å². The molecule has 0 aromatic rings. The van der Waals surface area contributed by atoms with Crippen molar-refractivity contribution in [3.05, 3.63) is 23.9 Å². The molecule has 1 N–H and O–H groups in total. The van der Waals surface area contributed by atoms with Crippen molar-refractivity contribution in [2.45, 2.75) is 27.7 Å². The van der Waals surface area contributed by atoms with Crippen LogP contribution in [0.1, 0.15) is 27.7 Å². The van der Waals surface area contributed by atoms with Crippen LogP contribution >= 0.6 is 0 Å². The molecule has 0 saturated carbocycles. The second-order valence-corrected chi connectivity index (χ2v) is 4.53. The molecule has 0 radical (unpaired) electrons. The fourth-order valence-corrected chi connectivity index (χ4v) is 1.17. The van der Waals surface area contributed by atoms with Crippen LogP contribution < -0.4 is 5.32 Å². The number of nitrogens with one attached hydrogen (secondary N) is 1. The molecule has 1 heterocycles. The predicted molar refractivity (Wildman–Crippen MR) is 57.8 cm³/mol. The average molecular weight is 178 g/mol. The Morgan fingerprint density at radius 1 is 1.54 bits per heavy atom. The quantitative estimate of drug-likeness (QED) is 0.655. The van der Waals surface area contributed by atoms with Crippen LogP contribution in [0.25, 0.3) is 0 Å². The first kappa shape index (κ1) is 10.0. The van der Waals surface area contributed by atoms with Gasteiger partial charge < -0.3 is 5.32 Å². The van der Waals surface area contributed by atoms with Crippen LogP contribution in [0, 0.1) is 5.41 Å². The summed E-state index contributed by atoms with van der Waals surface area (Å²) >= 11 is 0. The Morgan fingerprint density at radius 3 is 2.54 bits per heavy atom. The highest BCUT2D eigenvalue weighted by Crippen LogP contribution is 2.27. The molecule has 0 saturated heterocycles. The Kier molecular flexibility index (Phi) is 2.60. The fourth-order valence-electron chi connectivity index (χ4n) is 1.17. The molecular formula is C11H18N2. The molecule has 0 aromatic carbocycles.